The zero-order chi connectivity index (χ0) is 60.9. The first kappa shape index (κ1) is 65.6. The number of hydrogen-bond acceptors (Lipinski definition) is 14. The monoisotopic (exact) mass is 1180 g/mol. The number of ether oxygens (including phenoxy) is 4. The second-order valence-corrected chi connectivity index (χ2v) is 21.6. The number of hydrogen-bond donors (Lipinski definition) is 1. The molecule has 6 aromatic rings. The summed E-state index contributed by atoms with van der Waals surface area (Å²) >= 11 is 0. The van der Waals surface area contributed by atoms with Gasteiger partial charge in [0.25, 0.3) is 0 Å². The number of unbranched alkanes of at least 4 members (excludes halogenated alkanes) is 6. The lowest BCUT2D eigenvalue weighted by molar-refractivity contribution is -0.145. The molecule has 4 heterocycles. The Bertz CT molecular complexity index is 3150. The van der Waals surface area contributed by atoms with E-state index in [2.05, 4.69) is 39.8 Å². The molecule has 0 aliphatic carbocycles. The van der Waals surface area contributed by atoms with Crippen LogP contribution in [0.2, 0.25) is 0 Å². The fourth-order valence-electron chi connectivity index (χ4n) is 10.5. The molecule has 2 aliphatic rings. The number of fused-ring (bicyclic) bond motifs is 10. The van der Waals surface area contributed by atoms with Crippen LogP contribution in [0.5, 0.6) is 0 Å². The summed E-state index contributed by atoms with van der Waals surface area (Å²) in [5.41, 5.74) is 9.84. The summed E-state index contributed by atoms with van der Waals surface area (Å²) in [5.74, 6) is -0.565. The molecule has 2 aliphatic heterocycles. The summed E-state index contributed by atoms with van der Waals surface area (Å²) in [7, 11) is 0. The summed E-state index contributed by atoms with van der Waals surface area (Å²) < 4.78 is 25.4. The Labute approximate surface area is 506 Å². The van der Waals surface area contributed by atoms with Gasteiger partial charge in [0, 0.05) is 87.0 Å². The van der Waals surface area contributed by atoms with Gasteiger partial charge in [-0.1, -0.05) is 162 Å². The van der Waals surface area contributed by atoms with Crippen LogP contribution in [-0.4, -0.2) is 112 Å². The van der Waals surface area contributed by atoms with Gasteiger partial charge in [-0.05, 0) is 55.4 Å². The van der Waals surface area contributed by atoms with Gasteiger partial charge in [-0.3, -0.25) is 28.8 Å². The highest BCUT2D eigenvalue weighted by molar-refractivity contribution is 6.01. The van der Waals surface area contributed by atoms with Crippen LogP contribution >= 0.6 is 0 Å². The third-order valence-corrected chi connectivity index (χ3v) is 15.0. The number of nitrogens with one attached hydrogen (secondary N) is 1. The van der Waals surface area contributed by atoms with E-state index < -0.39 is 0 Å². The molecular formula is C67H87N9O10. The molecule has 4 aromatic carbocycles. The molecule has 0 unspecified atom stereocenters. The number of rotatable bonds is 33. The summed E-state index contributed by atoms with van der Waals surface area (Å²) in [6.07, 6.45) is 12.8. The van der Waals surface area contributed by atoms with Crippen molar-refractivity contribution in [3.63, 3.8) is 0 Å². The first-order chi connectivity index (χ1) is 42.1. The van der Waals surface area contributed by atoms with Gasteiger partial charge in [-0.15, -0.1) is 10.2 Å². The fraction of sp³-hybridized carbons (Fsp3) is 0.493. The molecule has 8 rings (SSSR count). The van der Waals surface area contributed by atoms with Gasteiger partial charge in [0.05, 0.1) is 62.2 Å². The van der Waals surface area contributed by atoms with Gasteiger partial charge < -0.3 is 34.1 Å². The molecule has 2 aromatic heterocycles. The van der Waals surface area contributed by atoms with E-state index in [-0.39, 0.29) is 74.5 Å². The molecule has 0 saturated heterocycles. The Kier molecular flexibility index (Phi) is 27.1. The van der Waals surface area contributed by atoms with E-state index in [1.807, 2.05) is 111 Å². The largest absolute Gasteiger partial charge is 0.464 e. The Morgan fingerprint density at radius 3 is 1.50 bits per heavy atom. The molecule has 0 spiro atoms. The molecule has 19 nitrogen and oxygen atoms in total. The first-order valence-corrected chi connectivity index (χ1v) is 31.1. The molecule has 1 N–H and O–H groups in total. The Hall–Kier alpha value is -7.90. The summed E-state index contributed by atoms with van der Waals surface area (Å²) in [5, 5.41) is 20.9. The number of carbonyl (C=O) groups excluding carboxylic acids is 6. The average molecular weight is 1180 g/mol. The van der Waals surface area contributed by atoms with Crippen molar-refractivity contribution in [3.8, 4) is 45.0 Å². The van der Waals surface area contributed by atoms with Crippen molar-refractivity contribution < 1.29 is 47.7 Å². The second kappa shape index (κ2) is 35.5. The lowest BCUT2D eigenvalue weighted by Crippen LogP contribution is -2.35. The molecule has 0 atom stereocenters. The predicted molar refractivity (Wildman–Crippen MR) is 332 cm³/mol. The number of benzene rings is 4. The lowest BCUT2D eigenvalue weighted by atomic mass is 9.95. The highest BCUT2D eigenvalue weighted by Crippen LogP contribution is 2.43. The van der Waals surface area contributed by atoms with Gasteiger partial charge in [0.15, 0.2) is 0 Å². The maximum atomic E-state index is 13.7. The van der Waals surface area contributed by atoms with Crippen LogP contribution < -0.4 is 15.1 Å². The number of nitrogens with zero attached hydrogens (tertiary/aromatic N) is 8. The van der Waals surface area contributed by atoms with Crippen molar-refractivity contribution in [1.29, 1.82) is 0 Å². The smallest absolute Gasteiger partial charge is 0.305 e. The molecule has 460 valence electrons. The van der Waals surface area contributed by atoms with E-state index in [1.165, 1.54) is 0 Å². The zero-order valence-corrected chi connectivity index (χ0v) is 50.9. The molecule has 86 heavy (non-hydrogen) atoms. The zero-order valence-electron chi connectivity index (χ0n) is 50.9. The van der Waals surface area contributed by atoms with Crippen molar-refractivity contribution in [1.82, 2.24) is 35.3 Å². The normalized spacial score (nSPS) is 12.0. The van der Waals surface area contributed by atoms with Crippen molar-refractivity contribution in [2.45, 2.75) is 169 Å². The van der Waals surface area contributed by atoms with Crippen LogP contribution in [-0.2, 0) is 73.9 Å². The summed E-state index contributed by atoms with van der Waals surface area (Å²) in [6.45, 7) is 12.5. The number of aromatic nitrogens is 6. The third-order valence-electron chi connectivity index (χ3n) is 15.0. The van der Waals surface area contributed by atoms with E-state index in [4.69, 9.17) is 18.9 Å². The number of para-hydroxylation sites is 2. The number of Topliss-reactive ketones (excluding diaryl/α,β-unsaturated/α-hetero) is 1. The van der Waals surface area contributed by atoms with Crippen molar-refractivity contribution in [3.05, 3.63) is 108 Å². The van der Waals surface area contributed by atoms with Crippen LogP contribution in [0, 0.1) is 0 Å². The van der Waals surface area contributed by atoms with Crippen LogP contribution in [0.15, 0.2) is 97.1 Å². The number of anilines is 2. The maximum absolute atomic E-state index is 13.7. The van der Waals surface area contributed by atoms with E-state index in [9.17, 15) is 28.8 Å². The minimum Gasteiger partial charge on any atom is -0.464 e. The standard InChI is InChI=1S/C34H44N4O5.C33H43N5O5/c1-3-5-6-7-19-32(41)43-24-21-38-34-28-15-9-8-13-26(28)25-37(30-17-11-10-16-29(30)33(34)35-36-38)31(40)18-12-14-27(39)20-23-42-22-4-2;1-3-5-6-7-16-31(41)43-23-20-38-33-27-14-10-11-15-28(27)37(24-25-12-8-9-13-26(25)32(33)35-36-38)30(40)17-19-34-29(39)18-22-42-21-4-2/h8-11,13,15-17H,3-7,12,14,18-25H2,1-2H3;8-15H,3-7,16-24H2,1-2H3,(H,34,39). The van der Waals surface area contributed by atoms with Crippen molar-refractivity contribution in [2.24, 2.45) is 0 Å². The van der Waals surface area contributed by atoms with Crippen LogP contribution in [0.1, 0.15) is 154 Å². The van der Waals surface area contributed by atoms with Gasteiger partial charge in [0.1, 0.15) is 30.4 Å². The molecule has 3 amide bonds. The lowest BCUT2D eigenvalue weighted by Gasteiger charge is -2.29. The number of ketones is 1. The highest BCUT2D eigenvalue weighted by atomic mass is 16.5. The molecule has 0 radical (unpaired) electrons. The third kappa shape index (κ3) is 19.1. The van der Waals surface area contributed by atoms with Crippen LogP contribution in [0.4, 0.5) is 11.4 Å². The Balaban J connectivity index is 0.000000246. The SMILES string of the molecule is CCCCCCC(=O)OCCn1nnc2c1-c1ccccc1CN(C(=O)CCCC(=O)CCOCCC)c1ccccc1-2.CCCCCCC(=O)OCCn1nnc2c1-c1ccccc1N(C(=O)CCNC(=O)CCOCCC)Cc1ccccc1-2. The van der Waals surface area contributed by atoms with Gasteiger partial charge >= 0.3 is 11.9 Å². The fourth-order valence-corrected chi connectivity index (χ4v) is 10.5. The summed E-state index contributed by atoms with van der Waals surface area (Å²) in [4.78, 5) is 79.9. The van der Waals surface area contributed by atoms with Gasteiger partial charge in [-0.25, -0.2) is 9.36 Å². The Morgan fingerprint density at radius 2 is 0.919 bits per heavy atom. The average Bonchev–Trinajstić information content (AvgIpc) is 1.95. The second-order valence-electron chi connectivity index (χ2n) is 21.6. The van der Waals surface area contributed by atoms with Gasteiger partial charge in [-0.2, -0.15) is 0 Å². The quantitative estimate of drug-likeness (QED) is 0.0299. The number of carbonyl (C=O) groups is 6. The van der Waals surface area contributed by atoms with Gasteiger partial charge in [0.2, 0.25) is 17.7 Å². The van der Waals surface area contributed by atoms with E-state index in [0.29, 0.717) is 90.4 Å². The number of esters is 2. The minimum absolute atomic E-state index is 0.0426. The van der Waals surface area contributed by atoms with E-state index in [0.717, 1.165) is 126 Å². The molecular weight excluding hydrogens is 1090 g/mol. The van der Waals surface area contributed by atoms with E-state index in [1.54, 1.807) is 19.2 Å². The predicted octanol–water partition coefficient (Wildman–Crippen LogP) is 11.8. The summed E-state index contributed by atoms with van der Waals surface area (Å²) in [6, 6.07) is 31.3. The maximum Gasteiger partial charge on any atom is 0.305 e. The molecule has 0 bridgehead atoms. The topological polar surface area (TPSA) is 219 Å². The molecule has 0 saturated carbocycles. The highest BCUT2D eigenvalue weighted by Gasteiger charge is 2.31. The van der Waals surface area contributed by atoms with Crippen LogP contribution in [0.25, 0.3) is 45.0 Å². The van der Waals surface area contributed by atoms with Crippen LogP contribution in [0.3, 0.4) is 0 Å². The first-order valence-electron chi connectivity index (χ1n) is 31.1. The minimum atomic E-state index is -0.206. The van der Waals surface area contributed by atoms with E-state index >= 15 is 0 Å². The van der Waals surface area contributed by atoms with Crippen molar-refractivity contribution in [2.75, 3.05) is 56.0 Å². The van der Waals surface area contributed by atoms with Crippen molar-refractivity contribution >= 4 is 46.8 Å². The number of amides is 3. The molecule has 19 heteroatoms. The molecule has 0 fully saturated rings. The Morgan fingerprint density at radius 1 is 0.442 bits per heavy atom.